The Bertz CT molecular complexity index is 2700. The molecule has 1 aromatic heterocycles. The average molecular weight is 762 g/mol. The topological polar surface area (TPSA) is 54.8 Å². The third-order valence-corrected chi connectivity index (χ3v) is 9.33. The van der Waals surface area contributed by atoms with E-state index in [2.05, 4.69) is 0 Å². The van der Waals surface area contributed by atoms with Crippen LogP contribution in [0.5, 0.6) is 0 Å². The minimum atomic E-state index is -4.57. The van der Waals surface area contributed by atoms with Crippen molar-refractivity contribution < 1.29 is 47.9 Å². The molecule has 1 aliphatic heterocycles. The monoisotopic (exact) mass is 761 g/mol. The number of alkyl halides is 3. The molecule has 1 fully saturated rings. The van der Waals surface area contributed by atoms with Crippen molar-refractivity contribution in [2.24, 2.45) is 0 Å². The number of halogens is 5. The van der Waals surface area contributed by atoms with Crippen molar-refractivity contribution in [3.63, 3.8) is 0 Å². The molecule has 0 unspecified atom stereocenters. The first-order valence-corrected chi connectivity index (χ1v) is 17.1. The highest BCUT2D eigenvalue weighted by atomic mass is 32.2. The summed E-state index contributed by atoms with van der Waals surface area (Å²) < 4.78 is 180. The fourth-order valence-corrected chi connectivity index (χ4v) is 6.52. The van der Waals surface area contributed by atoms with E-state index in [0.717, 1.165) is 41.2 Å². The summed E-state index contributed by atoms with van der Waals surface area (Å²) in [4.78, 5) is 31.3. The van der Waals surface area contributed by atoms with Gasteiger partial charge in [0.25, 0.3) is 0 Å². The van der Waals surface area contributed by atoms with E-state index in [1.54, 1.807) is 12.1 Å². The standard InChI is InChI=1S/C41H40F5N3O3S/c1-27-6-15-36-34(22-27)37(50)23-39(53-26-31-4-3-5-35(42)40(31)43)49(36)25-38(51)48(33-16-18-47(19-17-33)20-21-52-2)24-28-7-9-29(10-8-28)30-11-13-32(14-12-30)41(44,45)46/h3-15,22-23,33H,16-21,24-26H2,1-2H3/i6D,15D,20D2,21D2,22D,23D,25D2,26D2. The highest BCUT2D eigenvalue weighted by Crippen LogP contribution is 2.32. The Hall–Kier alpha value is -4.52. The van der Waals surface area contributed by atoms with Crippen LogP contribution < -0.4 is 5.43 Å². The van der Waals surface area contributed by atoms with E-state index in [0.29, 0.717) is 27.3 Å². The van der Waals surface area contributed by atoms with E-state index in [1.807, 2.05) is 0 Å². The number of ether oxygens (including phenoxy) is 1. The van der Waals surface area contributed by atoms with Crippen molar-refractivity contribution >= 4 is 28.6 Å². The van der Waals surface area contributed by atoms with E-state index in [4.69, 9.17) is 18.4 Å². The van der Waals surface area contributed by atoms with Crippen molar-refractivity contribution in [1.29, 1.82) is 0 Å². The molecule has 0 saturated carbocycles. The highest BCUT2D eigenvalue weighted by molar-refractivity contribution is 7.98. The number of hydrogen-bond acceptors (Lipinski definition) is 5. The van der Waals surface area contributed by atoms with Crippen LogP contribution in [0.15, 0.2) is 101 Å². The smallest absolute Gasteiger partial charge is 0.383 e. The number of rotatable bonds is 12. The van der Waals surface area contributed by atoms with E-state index in [-0.39, 0.29) is 43.3 Å². The molecule has 1 aliphatic rings. The zero-order chi connectivity index (χ0) is 48.4. The van der Waals surface area contributed by atoms with Gasteiger partial charge in [-0.1, -0.05) is 60.1 Å². The largest absolute Gasteiger partial charge is 0.416 e. The van der Waals surface area contributed by atoms with Crippen LogP contribution in [0.3, 0.4) is 0 Å². The van der Waals surface area contributed by atoms with Crippen LogP contribution in [-0.4, -0.2) is 59.6 Å². The number of benzene rings is 4. The number of aromatic nitrogens is 1. The van der Waals surface area contributed by atoms with Crippen LogP contribution in [0.1, 0.15) is 51.5 Å². The van der Waals surface area contributed by atoms with Gasteiger partial charge in [-0.25, -0.2) is 8.78 Å². The second kappa shape index (κ2) is 16.7. The van der Waals surface area contributed by atoms with Gasteiger partial charge in [0.2, 0.25) is 5.91 Å². The molecule has 12 heteroatoms. The number of hydrogen-bond donors (Lipinski definition) is 0. The van der Waals surface area contributed by atoms with E-state index in [1.165, 1.54) is 31.2 Å². The van der Waals surface area contributed by atoms with Crippen molar-refractivity contribution in [3.05, 3.63) is 135 Å². The summed E-state index contributed by atoms with van der Waals surface area (Å²) in [5.74, 6) is -4.53. The summed E-state index contributed by atoms with van der Waals surface area (Å²) in [5.41, 5.74) is -6.01. The molecule has 0 aliphatic carbocycles. The van der Waals surface area contributed by atoms with Gasteiger partial charge >= 0.3 is 6.18 Å². The number of carbonyl (C=O) groups excluding carboxylic acids is 1. The number of likely N-dealkylation sites (tertiary alicyclic amines) is 1. The predicted molar refractivity (Wildman–Crippen MR) is 198 cm³/mol. The van der Waals surface area contributed by atoms with Crippen molar-refractivity contribution in [3.8, 4) is 11.1 Å². The van der Waals surface area contributed by atoms with Crippen LogP contribution in [0.25, 0.3) is 22.0 Å². The molecule has 0 N–H and O–H groups in total. The molecule has 6 nitrogen and oxygen atoms in total. The minimum Gasteiger partial charge on any atom is -0.383 e. The molecular formula is C41H40F5N3O3S. The lowest BCUT2D eigenvalue weighted by atomic mass is 10.00. The third-order valence-electron chi connectivity index (χ3n) is 8.53. The molecule has 278 valence electrons. The Morgan fingerprint density at radius 3 is 2.34 bits per heavy atom. The Labute approximate surface area is 326 Å². The molecular weight excluding hydrogens is 710 g/mol. The van der Waals surface area contributed by atoms with Gasteiger partial charge in [0.15, 0.2) is 17.1 Å². The number of fused-ring (bicyclic) bond motifs is 1. The van der Waals surface area contributed by atoms with Gasteiger partial charge in [-0.05, 0) is 66.7 Å². The van der Waals surface area contributed by atoms with Gasteiger partial charge < -0.3 is 19.1 Å². The Morgan fingerprint density at radius 2 is 1.68 bits per heavy atom. The molecule has 53 heavy (non-hydrogen) atoms. The summed E-state index contributed by atoms with van der Waals surface area (Å²) in [6, 6.07) is 8.69. The number of carbonyl (C=O) groups is 1. The first-order valence-electron chi connectivity index (χ1n) is 22.3. The van der Waals surface area contributed by atoms with Gasteiger partial charge in [0, 0.05) is 67.5 Å². The molecule has 0 bridgehead atoms. The molecule has 0 radical (unpaired) electrons. The first kappa shape index (κ1) is 25.5. The van der Waals surface area contributed by atoms with Gasteiger partial charge in [0.05, 0.1) is 33.6 Å². The fourth-order valence-electron chi connectivity index (χ4n) is 5.78. The molecule has 6 rings (SSSR count). The maximum Gasteiger partial charge on any atom is 0.416 e. The minimum absolute atomic E-state index is 0.0982. The number of piperidine rings is 1. The second-order valence-electron chi connectivity index (χ2n) is 12.1. The van der Waals surface area contributed by atoms with Gasteiger partial charge in [-0.15, -0.1) is 11.8 Å². The van der Waals surface area contributed by atoms with E-state index >= 15 is 9.18 Å². The lowest BCUT2D eigenvalue weighted by molar-refractivity contribution is -0.137. The van der Waals surface area contributed by atoms with Gasteiger partial charge in [-0.3, -0.25) is 9.59 Å². The van der Waals surface area contributed by atoms with Gasteiger partial charge in [-0.2, -0.15) is 13.2 Å². The van der Waals surface area contributed by atoms with Gasteiger partial charge in [0.1, 0.15) is 6.50 Å². The summed E-state index contributed by atoms with van der Waals surface area (Å²) in [7, 11) is 0.989. The van der Waals surface area contributed by atoms with Crippen molar-refractivity contribution in [1.82, 2.24) is 14.4 Å². The Kier molecular flexibility index (Phi) is 8.01. The number of methoxy groups -OCH3 is 1. The van der Waals surface area contributed by atoms with Crippen LogP contribution in [0.4, 0.5) is 22.0 Å². The zero-order valence-electron chi connectivity index (χ0n) is 40.3. The average Bonchev–Trinajstić information content (AvgIpc) is 3.26. The molecule has 2 heterocycles. The first-order chi connectivity index (χ1) is 30.1. The van der Waals surface area contributed by atoms with Crippen molar-refractivity contribution in [2.45, 2.75) is 55.8 Å². The summed E-state index contributed by atoms with van der Waals surface area (Å²) in [6.45, 7) is -8.58. The number of pyridine rings is 1. The highest BCUT2D eigenvalue weighted by Gasteiger charge is 2.31. The Morgan fingerprint density at radius 1 is 1.00 bits per heavy atom. The number of nitrogens with zero attached hydrogens (tertiary/aromatic N) is 3. The number of thioether (sulfide) groups is 1. The molecule has 5 aromatic rings. The number of amides is 1. The quantitative estimate of drug-likeness (QED) is 0.0941. The summed E-state index contributed by atoms with van der Waals surface area (Å²) in [6.07, 6.45) is -4.77. The van der Waals surface area contributed by atoms with Crippen molar-refractivity contribution in [2.75, 3.05) is 33.3 Å². The third kappa shape index (κ3) is 9.17. The molecule has 1 saturated heterocycles. The molecule has 0 atom stereocenters. The van der Waals surface area contributed by atoms with Crippen LogP contribution in [-0.2, 0) is 34.5 Å². The summed E-state index contributed by atoms with van der Waals surface area (Å²) in [5, 5.41) is -1.73. The lowest BCUT2D eigenvalue weighted by Crippen LogP contribution is -2.48. The maximum absolute atomic E-state index is 15.2. The fraction of sp³-hybridized carbons (Fsp3) is 0.317. The van der Waals surface area contributed by atoms with Crippen LogP contribution >= 0.6 is 11.8 Å². The molecule has 1 amide bonds. The lowest BCUT2D eigenvalue weighted by Gasteiger charge is -2.39. The maximum atomic E-state index is 15.2. The van der Waals surface area contributed by atoms with Crippen LogP contribution in [0, 0.1) is 18.6 Å². The SMILES string of the molecule is [2H]c1c(C)c([2H])c2c(=O)c([2H])c(SC([2H])([2H])c3cccc(F)c3F)n(C([2H])([2H])C(=O)N(Cc3ccc(-c4ccc(C(F)(F)F)cc4)cc3)C3CCN(C([2H])([2H])C([2H])([2H])OC)CC3)c2c1[2H]. The Balaban J connectivity index is 1.51. The van der Waals surface area contributed by atoms with E-state index in [9.17, 15) is 25.1 Å². The predicted octanol–water partition coefficient (Wildman–Crippen LogP) is 8.71. The van der Waals surface area contributed by atoms with Crippen LogP contribution in [0.2, 0.25) is 0 Å². The molecule has 4 aromatic carbocycles. The molecule has 0 spiro atoms. The van der Waals surface area contributed by atoms with E-state index < -0.39 is 118 Å². The zero-order valence-corrected chi connectivity index (χ0v) is 29.1. The summed E-state index contributed by atoms with van der Waals surface area (Å²) >= 11 is -0.139. The second-order valence-corrected chi connectivity index (χ2v) is 12.9. The normalized spacial score (nSPS) is 18.5.